The van der Waals surface area contributed by atoms with Crippen molar-refractivity contribution in [3.8, 4) is 5.75 Å². The summed E-state index contributed by atoms with van der Waals surface area (Å²) in [6.45, 7) is 11.5. The standard InChI is InChI=1S/C45H73N7O11/c1-8-10-11-12-13-14-15-16-17-27(4)35-25-37(56)51-39(30(7)53)44(61)48-28(5)40(57)47-29(6)41(58)49-33(22-23-36(46)55)42(59)50-34(24-31-18-20-32(54)21-19-31)43(60)52-38(26(3)9-2)45(62)63-35/h18-21,26-30,33-35,38-39,53-54H,8-17,22-25H2,1-7H3,(H2,46,55)(H,47,57)(H,48,61)(H,49,58)(H,50,59)(H,51,56)(H,52,60)/t26?,27-,28+,29-,30-,33+,34-,35+,38?,39?/m1/s1. The van der Waals surface area contributed by atoms with Crippen LogP contribution in [0.15, 0.2) is 24.3 Å². The monoisotopic (exact) mass is 888 g/mol. The number of hydrogen-bond acceptors (Lipinski definition) is 11. The van der Waals surface area contributed by atoms with Crippen molar-refractivity contribution < 1.29 is 53.3 Å². The van der Waals surface area contributed by atoms with E-state index < -0.39 is 108 Å². The number of aromatic hydroxyl groups is 1. The Hall–Kier alpha value is -5.26. The molecule has 10 N–H and O–H groups in total. The van der Waals surface area contributed by atoms with E-state index in [-0.39, 0.29) is 30.9 Å². The molecule has 0 aliphatic carbocycles. The quantitative estimate of drug-likeness (QED) is 0.0760. The van der Waals surface area contributed by atoms with Crippen LogP contribution in [0.5, 0.6) is 5.75 Å². The van der Waals surface area contributed by atoms with Crippen LogP contribution >= 0.6 is 0 Å². The topological polar surface area (TPSA) is 284 Å². The number of nitrogens with two attached hydrogens (primary N) is 1. The van der Waals surface area contributed by atoms with Crippen LogP contribution in [0.3, 0.4) is 0 Å². The molecule has 1 fully saturated rings. The maximum atomic E-state index is 14.3. The zero-order valence-electron chi connectivity index (χ0n) is 38.1. The molecule has 18 heteroatoms. The van der Waals surface area contributed by atoms with Gasteiger partial charge in [-0.25, -0.2) is 4.79 Å². The SMILES string of the molecule is CCCCCCCCCC[C@@H](C)[C@@H]1CC(=O)NC([C@@H](C)O)C(=O)N[C@@H](C)C(=O)N[C@H](C)C(=O)N[C@@H](CCC(N)=O)C(=O)N[C@H](Cc2ccc(O)cc2)C(=O)NC(C(C)CC)C(=O)O1. The number of phenolic OH excluding ortho intramolecular Hbond substituents is 1. The van der Waals surface area contributed by atoms with Crippen LogP contribution in [0.2, 0.25) is 0 Å². The summed E-state index contributed by atoms with van der Waals surface area (Å²) in [6, 6.07) is -2.24. The first-order valence-corrected chi connectivity index (χ1v) is 22.5. The number of unbranched alkanes of at least 4 members (excludes halogenated alkanes) is 7. The zero-order valence-corrected chi connectivity index (χ0v) is 38.1. The number of cyclic esters (lactones) is 1. The smallest absolute Gasteiger partial charge is 0.329 e. The predicted octanol–water partition coefficient (Wildman–Crippen LogP) is 2.06. The number of ether oxygens (including phenoxy) is 1. The summed E-state index contributed by atoms with van der Waals surface area (Å²) in [5, 5.41) is 35.8. The average Bonchev–Trinajstić information content (AvgIpc) is 3.23. The number of rotatable bonds is 18. The maximum Gasteiger partial charge on any atom is 0.329 e. The van der Waals surface area contributed by atoms with Crippen molar-refractivity contribution in [2.24, 2.45) is 17.6 Å². The lowest BCUT2D eigenvalue weighted by atomic mass is 9.93. The number of amides is 7. The lowest BCUT2D eigenvalue weighted by Gasteiger charge is -2.31. The lowest BCUT2D eigenvalue weighted by Crippen LogP contribution is -2.60. The summed E-state index contributed by atoms with van der Waals surface area (Å²) in [4.78, 5) is 108. The highest BCUT2D eigenvalue weighted by molar-refractivity contribution is 5.97. The van der Waals surface area contributed by atoms with Crippen LogP contribution in [0.4, 0.5) is 0 Å². The normalized spacial score (nSPS) is 25.3. The van der Waals surface area contributed by atoms with Gasteiger partial charge in [0, 0.05) is 12.8 Å². The van der Waals surface area contributed by atoms with Gasteiger partial charge in [-0.2, -0.15) is 0 Å². The van der Waals surface area contributed by atoms with Crippen LogP contribution in [-0.2, 0) is 49.5 Å². The van der Waals surface area contributed by atoms with Crippen molar-refractivity contribution in [2.75, 3.05) is 0 Å². The molecule has 1 aromatic carbocycles. The average molecular weight is 888 g/mol. The largest absolute Gasteiger partial charge is 0.508 e. The molecule has 10 atom stereocenters. The fourth-order valence-corrected chi connectivity index (χ4v) is 7.09. The minimum absolute atomic E-state index is 0.0390. The number of phenols is 1. The number of carbonyl (C=O) groups is 8. The van der Waals surface area contributed by atoms with Gasteiger partial charge in [-0.3, -0.25) is 33.6 Å². The molecule has 1 aromatic rings. The molecule has 1 heterocycles. The van der Waals surface area contributed by atoms with Crippen LogP contribution in [0, 0.1) is 11.8 Å². The second-order valence-corrected chi connectivity index (χ2v) is 17.0. The minimum atomic E-state index is -1.52. The van der Waals surface area contributed by atoms with Crippen molar-refractivity contribution in [1.82, 2.24) is 31.9 Å². The van der Waals surface area contributed by atoms with Crippen molar-refractivity contribution in [1.29, 1.82) is 0 Å². The lowest BCUT2D eigenvalue weighted by molar-refractivity contribution is -0.159. The van der Waals surface area contributed by atoms with E-state index in [0.29, 0.717) is 18.4 Å². The van der Waals surface area contributed by atoms with Gasteiger partial charge in [0.25, 0.3) is 0 Å². The third-order valence-corrected chi connectivity index (χ3v) is 11.5. The predicted molar refractivity (Wildman–Crippen MR) is 235 cm³/mol. The molecular formula is C45H73N7O11. The first-order chi connectivity index (χ1) is 29.8. The van der Waals surface area contributed by atoms with Gasteiger partial charge in [-0.15, -0.1) is 0 Å². The Kier molecular flexibility index (Phi) is 23.7. The number of carbonyl (C=O) groups excluding carboxylic acids is 8. The van der Waals surface area contributed by atoms with Crippen LogP contribution in [-0.4, -0.2) is 106 Å². The number of hydrogen-bond donors (Lipinski definition) is 9. The van der Waals surface area contributed by atoms with E-state index in [2.05, 4.69) is 38.8 Å². The molecule has 0 radical (unpaired) electrons. The molecule has 18 nitrogen and oxygen atoms in total. The third kappa shape index (κ3) is 19.3. The van der Waals surface area contributed by atoms with Crippen LogP contribution in [0.1, 0.15) is 138 Å². The van der Waals surface area contributed by atoms with Gasteiger partial charge in [0.2, 0.25) is 41.4 Å². The van der Waals surface area contributed by atoms with Crippen molar-refractivity contribution in [3.05, 3.63) is 29.8 Å². The zero-order chi connectivity index (χ0) is 47.2. The first-order valence-electron chi connectivity index (χ1n) is 22.5. The fraction of sp³-hybridized carbons (Fsp3) is 0.689. The van der Waals surface area contributed by atoms with Crippen LogP contribution < -0.4 is 37.6 Å². The molecule has 1 aliphatic rings. The summed E-state index contributed by atoms with van der Waals surface area (Å²) in [5.41, 5.74) is 5.90. The molecule has 0 spiro atoms. The molecule has 0 aromatic heterocycles. The van der Waals surface area contributed by atoms with Gasteiger partial charge >= 0.3 is 5.97 Å². The second-order valence-electron chi connectivity index (χ2n) is 17.0. The maximum absolute atomic E-state index is 14.3. The molecule has 0 bridgehead atoms. The van der Waals surface area contributed by atoms with Gasteiger partial charge in [-0.1, -0.05) is 97.6 Å². The molecular weight excluding hydrogens is 815 g/mol. The van der Waals surface area contributed by atoms with E-state index in [1.807, 2.05) is 13.8 Å². The van der Waals surface area contributed by atoms with Gasteiger partial charge < -0.3 is 52.6 Å². The van der Waals surface area contributed by atoms with E-state index in [1.54, 1.807) is 19.1 Å². The number of esters is 1. The Bertz CT molecular complexity index is 1670. The summed E-state index contributed by atoms with van der Waals surface area (Å²) < 4.78 is 6.10. The van der Waals surface area contributed by atoms with Gasteiger partial charge in [0.1, 0.15) is 48.1 Å². The number of aliphatic hydroxyl groups excluding tert-OH is 1. The van der Waals surface area contributed by atoms with E-state index in [1.165, 1.54) is 45.7 Å². The summed E-state index contributed by atoms with van der Waals surface area (Å²) in [7, 11) is 0. The Morgan fingerprint density at radius 3 is 1.81 bits per heavy atom. The van der Waals surface area contributed by atoms with Gasteiger partial charge in [0.15, 0.2) is 0 Å². The Morgan fingerprint density at radius 1 is 0.698 bits per heavy atom. The summed E-state index contributed by atoms with van der Waals surface area (Å²) >= 11 is 0. The number of primary amides is 1. The van der Waals surface area contributed by atoms with E-state index >= 15 is 0 Å². The highest BCUT2D eigenvalue weighted by atomic mass is 16.5. The summed E-state index contributed by atoms with van der Waals surface area (Å²) in [5.74, 6) is -7.44. The second kappa shape index (κ2) is 27.7. The molecule has 3 unspecified atom stereocenters. The molecule has 7 amide bonds. The Labute approximate surface area is 371 Å². The van der Waals surface area contributed by atoms with Gasteiger partial charge in [0.05, 0.1) is 12.5 Å². The van der Waals surface area contributed by atoms with Crippen molar-refractivity contribution in [2.45, 2.75) is 187 Å². The summed E-state index contributed by atoms with van der Waals surface area (Å²) in [6.07, 6.45) is 5.99. The van der Waals surface area contributed by atoms with Crippen molar-refractivity contribution in [3.63, 3.8) is 0 Å². The van der Waals surface area contributed by atoms with E-state index in [4.69, 9.17) is 10.5 Å². The first kappa shape index (κ1) is 53.9. The molecule has 63 heavy (non-hydrogen) atoms. The fourth-order valence-electron chi connectivity index (χ4n) is 7.09. The number of benzene rings is 1. The molecule has 354 valence electrons. The van der Waals surface area contributed by atoms with Crippen molar-refractivity contribution >= 4 is 47.3 Å². The minimum Gasteiger partial charge on any atom is -0.508 e. The van der Waals surface area contributed by atoms with E-state index in [9.17, 15) is 48.6 Å². The number of aliphatic hydroxyl groups is 1. The molecule has 2 rings (SSSR count). The van der Waals surface area contributed by atoms with E-state index in [0.717, 1.165) is 38.5 Å². The number of nitrogens with one attached hydrogen (secondary N) is 6. The molecule has 1 saturated heterocycles. The molecule has 0 saturated carbocycles. The Morgan fingerprint density at radius 2 is 1.24 bits per heavy atom. The highest BCUT2D eigenvalue weighted by Crippen LogP contribution is 2.23. The van der Waals surface area contributed by atoms with Gasteiger partial charge in [-0.05, 0) is 63.1 Å². The highest BCUT2D eigenvalue weighted by Gasteiger charge is 2.37. The molecule has 1 aliphatic heterocycles. The van der Waals surface area contributed by atoms with Crippen LogP contribution in [0.25, 0.3) is 0 Å². The third-order valence-electron chi connectivity index (χ3n) is 11.5. The Balaban J connectivity index is 2.61.